The predicted molar refractivity (Wildman–Crippen MR) is 101 cm³/mol. The van der Waals surface area contributed by atoms with E-state index in [1.54, 1.807) is 28.8 Å². The molecule has 0 aliphatic heterocycles. The van der Waals surface area contributed by atoms with Crippen molar-refractivity contribution in [3.63, 3.8) is 0 Å². The number of para-hydroxylation sites is 4. The van der Waals surface area contributed by atoms with E-state index in [1.165, 1.54) is 6.92 Å². The molecule has 0 fully saturated rings. The van der Waals surface area contributed by atoms with Gasteiger partial charge in [0.1, 0.15) is 11.6 Å². The molecule has 1 amide bonds. The highest BCUT2D eigenvalue weighted by molar-refractivity contribution is 5.92. The van der Waals surface area contributed by atoms with Crippen LogP contribution in [0.1, 0.15) is 30.9 Å². The van der Waals surface area contributed by atoms with Crippen LogP contribution in [0.25, 0.3) is 11.0 Å². The summed E-state index contributed by atoms with van der Waals surface area (Å²) in [5.74, 6) is 0.799. The molecule has 1 heterocycles. The molecule has 0 aliphatic carbocycles. The lowest BCUT2D eigenvalue weighted by Gasteiger charge is -2.12. The maximum absolute atomic E-state index is 12.8. The Bertz CT molecular complexity index is 946. The quantitative estimate of drug-likeness (QED) is 0.735. The maximum Gasteiger partial charge on any atom is 0.270 e. The summed E-state index contributed by atoms with van der Waals surface area (Å²) in [6, 6.07) is 14.6. The van der Waals surface area contributed by atoms with E-state index < -0.39 is 0 Å². The highest BCUT2D eigenvalue weighted by atomic mass is 16.5. The van der Waals surface area contributed by atoms with E-state index in [0.717, 1.165) is 23.3 Å². The lowest BCUT2D eigenvalue weighted by atomic mass is 10.3. The minimum absolute atomic E-state index is 0.145. The Balaban J connectivity index is 1.84. The van der Waals surface area contributed by atoms with Gasteiger partial charge in [0, 0.05) is 13.3 Å². The van der Waals surface area contributed by atoms with Gasteiger partial charge in [0.25, 0.3) is 5.91 Å². The van der Waals surface area contributed by atoms with Crippen LogP contribution in [0.2, 0.25) is 0 Å². The van der Waals surface area contributed by atoms with Crippen molar-refractivity contribution in [2.75, 3.05) is 11.9 Å². The monoisotopic (exact) mass is 351 g/mol. The summed E-state index contributed by atoms with van der Waals surface area (Å²) in [5.41, 5.74) is 2.11. The molecule has 134 valence electrons. The van der Waals surface area contributed by atoms with Gasteiger partial charge in [-0.25, -0.2) is 4.98 Å². The molecule has 0 aliphatic rings. The topological polar surface area (TPSA) is 73.2 Å². The van der Waals surface area contributed by atoms with Crippen LogP contribution >= 0.6 is 0 Å². The molecule has 6 heteroatoms. The van der Waals surface area contributed by atoms with Crippen molar-refractivity contribution in [1.29, 1.82) is 0 Å². The second kappa shape index (κ2) is 7.82. The largest absolute Gasteiger partial charge is 0.482 e. The Morgan fingerprint density at radius 2 is 1.85 bits per heavy atom. The third-order valence-corrected chi connectivity index (χ3v) is 3.90. The lowest BCUT2D eigenvalue weighted by molar-refractivity contribution is -0.114. The van der Waals surface area contributed by atoms with Crippen molar-refractivity contribution >= 4 is 28.5 Å². The molecule has 3 aromatic rings. The molecule has 0 atom stereocenters. The Morgan fingerprint density at radius 1 is 1.12 bits per heavy atom. The second-order valence-electron chi connectivity index (χ2n) is 5.96. The summed E-state index contributed by atoms with van der Waals surface area (Å²) in [6.45, 7) is 3.33. The molecule has 0 saturated heterocycles. The fraction of sp³-hybridized carbons (Fsp3) is 0.250. The van der Waals surface area contributed by atoms with E-state index in [0.29, 0.717) is 17.9 Å². The van der Waals surface area contributed by atoms with Gasteiger partial charge in [0.05, 0.1) is 16.7 Å². The van der Waals surface area contributed by atoms with Gasteiger partial charge < -0.3 is 10.1 Å². The summed E-state index contributed by atoms with van der Waals surface area (Å²) in [4.78, 5) is 28.7. The number of carbonyl (C=O) groups is 2. The van der Waals surface area contributed by atoms with Crippen LogP contribution in [0.4, 0.5) is 5.69 Å². The van der Waals surface area contributed by atoms with Crippen LogP contribution in [-0.2, 0) is 11.2 Å². The number of hydrogen-bond acceptors (Lipinski definition) is 4. The normalized spacial score (nSPS) is 10.7. The van der Waals surface area contributed by atoms with Crippen molar-refractivity contribution in [2.24, 2.45) is 0 Å². The minimum atomic E-state index is -0.196. The number of benzene rings is 2. The zero-order valence-corrected chi connectivity index (χ0v) is 14.9. The number of carbonyl (C=O) groups excluding carboxylic acids is 2. The first kappa shape index (κ1) is 17.7. The number of rotatable bonds is 6. The number of nitrogens with one attached hydrogen (secondary N) is 1. The van der Waals surface area contributed by atoms with Crippen molar-refractivity contribution in [1.82, 2.24) is 9.55 Å². The molecule has 2 aromatic carbocycles. The summed E-state index contributed by atoms with van der Waals surface area (Å²) >= 11 is 0. The number of ether oxygens (including phenoxy) is 1. The van der Waals surface area contributed by atoms with Gasteiger partial charge in [0.15, 0.2) is 6.61 Å². The average molecular weight is 351 g/mol. The molecule has 0 radical (unpaired) electrons. The molecule has 0 bridgehead atoms. The first-order valence-corrected chi connectivity index (χ1v) is 8.59. The van der Waals surface area contributed by atoms with Crippen LogP contribution in [0.15, 0.2) is 48.5 Å². The van der Waals surface area contributed by atoms with Crippen molar-refractivity contribution in [3.05, 3.63) is 54.4 Å². The molecule has 1 aromatic heterocycles. The van der Waals surface area contributed by atoms with Crippen molar-refractivity contribution in [2.45, 2.75) is 26.7 Å². The molecule has 0 saturated carbocycles. The van der Waals surface area contributed by atoms with Gasteiger partial charge >= 0.3 is 0 Å². The van der Waals surface area contributed by atoms with E-state index in [1.807, 2.05) is 31.2 Å². The number of aromatic nitrogens is 2. The number of fused-ring (bicyclic) bond motifs is 1. The SMILES string of the molecule is CCCc1nc2ccccc2n1C(=O)COc1ccccc1NC(C)=O. The second-order valence-corrected chi connectivity index (χ2v) is 5.96. The number of imidazole rings is 1. The van der Waals surface area contributed by atoms with Crippen molar-refractivity contribution < 1.29 is 14.3 Å². The van der Waals surface area contributed by atoms with E-state index in [9.17, 15) is 9.59 Å². The fourth-order valence-electron chi connectivity index (χ4n) is 2.83. The van der Waals surface area contributed by atoms with E-state index in [-0.39, 0.29) is 18.4 Å². The van der Waals surface area contributed by atoms with Gasteiger partial charge in [-0.05, 0) is 30.7 Å². The molecular formula is C20H21N3O3. The molecule has 3 rings (SSSR count). The minimum Gasteiger partial charge on any atom is -0.482 e. The van der Waals surface area contributed by atoms with Crippen LogP contribution in [0, 0.1) is 0 Å². The maximum atomic E-state index is 12.8. The fourth-order valence-corrected chi connectivity index (χ4v) is 2.83. The van der Waals surface area contributed by atoms with E-state index in [4.69, 9.17) is 4.74 Å². The number of aryl methyl sites for hydroxylation is 1. The molecule has 0 spiro atoms. The van der Waals surface area contributed by atoms with Crippen LogP contribution in [-0.4, -0.2) is 28.0 Å². The Hall–Kier alpha value is -3.15. The van der Waals surface area contributed by atoms with Crippen LogP contribution in [0.5, 0.6) is 5.75 Å². The number of anilines is 1. The van der Waals surface area contributed by atoms with E-state index >= 15 is 0 Å². The van der Waals surface area contributed by atoms with Gasteiger partial charge in [-0.15, -0.1) is 0 Å². The predicted octanol–water partition coefficient (Wildman–Crippen LogP) is 3.67. The zero-order chi connectivity index (χ0) is 18.5. The zero-order valence-electron chi connectivity index (χ0n) is 14.9. The first-order valence-electron chi connectivity index (χ1n) is 8.59. The smallest absolute Gasteiger partial charge is 0.270 e. The number of amides is 1. The van der Waals surface area contributed by atoms with Gasteiger partial charge in [0.2, 0.25) is 5.91 Å². The Kier molecular flexibility index (Phi) is 5.31. The highest BCUT2D eigenvalue weighted by Gasteiger charge is 2.17. The van der Waals surface area contributed by atoms with Gasteiger partial charge in [-0.1, -0.05) is 31.2 Å². The van der Waals surface area contributed by atoms with Gasteiger partial charge in [-0.3, -0.25) is 14.2 Å². The third kappa shape index (κ3) is 3.74. The Morgan fingerprint density at radius 3 is 2.62 bits per heavy atom. The number of hydrogen-bond donors (Lipinski definition) is 1. The van der Waals surface area contributed by atoms with E-state index in [2.05, 4.69) is 10.3 Å². The van der Waals surface area contributed by atoms with Gasteiger partial charge in [-0.2, -0.15) is 0 Å². The molecule has 6 nitrogen and oxygen atoms in total. The molecular weight excluding hydrogens is 330 g/mol. The van der Waals surface area contributed by atoms with Crippen molar-refractivity contribution in [3.8, 4) is 5.75 Å². The molecule has 26 heavy (non-hydrogen) atoms. The lowest BCUT2D eigenvalue weighted by Crippen LogP contribution is -2.22. The third-order valence-electron chi connectivity index (χ3n) is 3.90. The summed E-state index contributed by atoms with van der Waals surface area (Å²) in [7, 11) is 0. The highest BCUT2D eigenvalue weighted by Crippen LogP contribution is 2.24. The van der Waals surface area contributed by atoms with Crippen LogP contribution < -0.4 is 10.1 Å². The summed E-state index contributed by atoms with van der Waals surface area (Å²) in [6.07, 6.45) is 1.60. The summed E-state index contributed by atoms with van der Waals surface area (Å²) < 4.78 is 7.32. The van der Waals surface area contributed by atoms with Crippen LogP contribution in [0.3, 0.4) is 0 Å². The number of nitrogens with zero attached hydrogens (tertiary/aromatic N) is 2. The molecule has 0 unspecified atom stereocenters. The standard InChI is InChI=1S/C20H21N3O3/c1-3-8-19-22-15-9-4-6-11-17(15)23(19)20(25)13-26-18-12-7-5-10-16(18)21-14(2)24/h4-7,9-12H,3,8,13H2,1-2H3,(H,21,24). The molecule has 1 N–H and O–H groups in total. The summed E-state index contributed by atoms with van der Waals surface area (Å²) in [5, 5.41) is 2.70. The first-order chi connectivity index (χ1) is 12.6. The average Bonchev–Trinajstić information content (AvgIpc) is 2.98. The Labute approximate surface area is 151 Å².